The lowest BCUT2D eigenvalue weighted by atomic mass is 9.99. The van der Waals surface area contributed by atoms with Crippen molar-refractivity contribution in [3.63, 3.8) is 0 Å². The quantitative estimate of drug-likeness (QED) is 0.636. The molecule has 1 N–H and O–H groups in total. The number of nitrogens with one attached hydrogen (secondary N) is 1. The van der Waals surface area contributed by atoms with Gasteiger partial charge in [-0.1, -0.05) is 25.2 Å². The van der Waals surface area contributed by atoms with Crippen LogP contribution in [0.3, 0.4) is 0 Å². The number of rotatable bonds is 3. The third-order valence-corrected chi connectivity index (χ3v) is 3.94. The standard InChI is InChI=1S/C16H23N5O/c1-13-3-2-4-14(11-13)12-18-20-16-17-6-5-15(19-16)21-7-9-22-10-8-21/h2,4,6,11-13,15H,3,5,7-10H2,1H3,(H,19,20)/b18-12+. The topological polar surface area (TPSA) is 61.6 Å². The van der Waals surface area contributed by atoms with Crippen molar-refractivity contribution in [1.29, 1.82) is 0 Å². The zero-order valence-corrected chi connectivity index (χ0v) is 13.0. The average Bonchev–Trinajstić information content (AvgIpc) is 2.56. The first kappa shape index (κ1) is 15.1. The Kier molecular flexibility index (Phi) is 5.13. The van der Waals surface area contributed by atoms with E-state index in [4.69, 9.17) is 4.74 Å². The monoisotopic (exact) mass is 301 g/mol. The molecule has 22 heavy (non-hydrogen) atoms. The third kappa shape index (κ3) is 4.11. The lowest BCUT2D eigenvalue weighted by Crippen LogP contribution is -2.44. The number of morpholine rings is 1. The fourth-order valence-corrected chi connectivity index (χ4v) is 2.75. The van der Waals surface area contributed by atoms with Gasteiger partial charge in [-0.2, -0.15) is 5.10 Å². The normalized spacial score (nSPS) is 29.5. The molecule has 6 nitrogen and oxygen atoms in total. The van der Waals surface area contributed by atoms with Crippen molar-refractivity contribution in [2.45, 2.75) is 25.9 Å². The van der Waals surface area contributed by atoms with Crippen molar-refractivity contribution in [3.05, 3.63) is 23.8 Å². The van der Waals surface area contributed by atoms with E-state index in [1.165, 1.54) is 0 Å². The summed E-state index contributed by atoms with van der Waals surface area (Å²) in [5.74, 6) is 1.15. The Balaban J connectivity index is 1.56. The van der Waals surface area contributed by atoms with E-state index in [9.17, 15) is 0 Å². The summed E-state index contributed by atoms with van der Waals surface area (Å²) in [6.45, 7) is 5.61. The van der Waals surface area contributed by atoms with E-state index < -0.39 is 0 Å². The van der Waals surface area contributed by atoms with Crippen molar-refractivity contribution in [3.8, 4) is 0 Å². The molecule has 1 saturated heterocycles. The van der Waals surface area contributed by atoms with Crippen molar-refractivity contribution < 1.29 is 4.74 Å². The van der Waals surface area contributed by atoms with Crippen LogP contribution in [0.15, 0.2) is 38.9 Å². The smallest absolute Gasteiger partial charge is 0.240 e. The summed E-state index contributed by atoms with van der Waals surface area (Å²) < 4.78 is 5.38. The fraction of sp³-hybridized carbons (Fsp3) is 0.562. The number of hydrogen-bond donors (Lipinski definition) is 1. The SMILES string of the molecule is CC1C=C(/C=N/NC2=NC(N3CCOCC3)CC=N2)C=CC1. The zero-order chi connectivity index (χ0) is 15.2. The van der Waals surface area contributed by atoms with Crippen molar-refractivity contribution in [2.75, 3.05) is 26.3 Å². The van der Waals surface area contributed by atoms with Crippen LogP contribution in [0.1, 0.15) is 19.8 Å². The number of aliphatic imine (C=N–C) groups is 2. The second kappa shape index (κ2) is 7.47. The van der Waals surface area contributed by atoms with Gasteiger partial charge < -0.3 is 4.74 Å². The number of hydrogen-bond acceptors (Lipinski definition) is 6. The van der Waals surface area contributed by atoms with Gasteiger partial charge in [0.2, 0.25) is 5.96 Å². The van der Waals surface area contributed by atoms with E-state index in [1.807, 2.05) is 12.4 Å². The molecule has 0 aromatic rings. The molecule has 2 aliphatic heterocycles. The van der Waals surface area contributed by atoms with Gasteiger partial charge in [-0.3, -0.25) is 4.90 Å². The van der Waals surface area contributed by atoms with Crippen LogP contribution in [0.25, 0.3) is 0 Å². The van der Waals surface area contributed by atoms with Crippen LogP contribution >= 0.6 is 0 Å². The summed E-state index contributed by atoms with van der Waals surface area (Å²) in [5, 5.41) is 4.25. The molecule has 118 valence electrons. The minimum absolute atomic E-state index is 0.146. The van der Waals surface area contributed by atoms with Gasteiger partial charge in [0.05, 0.1) is 19.4 Å². The van der Waals surface area contributed by atoms with Gasteiger partial charge in [-0.25, -0.2) is 15.4 Å². The van der Waals surface area contributed by atoms with Crippen LogP contribution < -0.4 is 5.43 Å². The Morgan fingerprint density at radius 1 is 1.36 bits per heavy atom. The molecular weight excluding hydrogens is 278 g/mol. The van der Waals surface area contributed by atoms with Crippen molar-refractivity contribution >= 4 is 18.4 Å². The van der Waals surface area contributed by atoms with Gasteiger partial charge in [0, 0.05) is 25.7 Å². The van der Waals surface area contributed by atoms with Crippen LogP contribution in [-0.2, 0) is 4.74 Å². The molecule has 0 radical (unpaired) electrons. The van der Waals surface area contributed by atoms with E-state index in [2.05, 4.69) is 50.6 Å². The van der Waals surface area contributed by atoms with Crippen LogP contribution in [-0.4, -0.2) is 55.8 Å². The summed E-state index contributed by atoms with van der Waals surface area (Å²) in [4.78, 5) is 11.2. The van der Waals surface area contributed by atoms with Gasteiger partial charge in [-0.05, 0) is 17.9 Å². The van der Waals surface area contributed by atoms with Crippen LogP contribution in [0.4, 0.5) is 0 Å². The summed E-state index contributed by atoms with van der Waals surface area (Å²) in [6.07, 6.45) is 12.3. The van der Waals surface area contributed by atoms with Gasteiger partial charge in [0.15, 0.2) is 0 Å². The first-order valence-corrected chi connectivity index (χ1v) is 7.91. The highest BCUT2D eigenvalue weighted by Crippen LogP contribution is 2.14. The van der Waals surface area contributed by atoms with Gasteiger partial charge in [0.25, 0.3) is 0 Å². The highest BCUT2D eigenvalue weighted by Gasteiger charge is 2.21. The molecular formula is C16H23N5O. The zero-order valence-electron chi connectivity index (χ0n) is 13.0. The van der Waals surface area contributed by atoms with Crippen LogP contribution in [0.5, 0.6) is 0 Å². The summed E-state index contributed by atoms with van der Waals surface area (Å²) in [7, 11) is 0. The van der Waals surface area contributed by atoms with E-state index in [1.54, 1.807) is 0 Å². The Morgan fingerprint density at radius 3 is 3.05 bits per heavy atom. The lowest BCUT2D eigenvalue weighted by Gasteiger charge is -2.32. The number of allylic oxidation sites excluding steroid dienone is 4. The Bertz CT molecular complexity index is 529. The predicted molar refractivity (Wildman–Crippen MR) is 89.4 cm³/mol. The van der Waals surface area contributed by atoms with E-state index in [0.717, 1.165) is 44.7 Å². The first-order valence-electron chi connectivity index (χ1n) is 7.91. The second-order valence-electron chi connectivity index (χ2n) is 5.78. The fourth-order valence-electron chi connectivity index (χ4n) is 2.75. The maximum atomic E-state index is 5.38. The first-order chi connectivity index (χ1) is 10.8. The van der Waals surface area contributed by atoms with Gasteiger partial charge in [0.1, 0.15) is 6.17 Å². The van der Waals surface area contributed by atoms with Crippen LogP contribution in [0, 0.1) is 5.92 Å². The molecule has 1 fully saturated rings. The minimum Gasteiger partial charge on any atom is -0.379 e. The van der Waals surface area contributed by atoms with E-state index >= 15 is 0 Å². The molecule has 3 rings (SSSR count). The van der Waals surface area contributed by atoms with Crippen molar-refractivity contribution in [2.24, 2.45) is 21.0 Å². The molecule has 3 aliphatic rings. The Labute approximate surface area is 131 Å². The number of hydrazone groups is 1. The maximum Gasteiger partial charge on any atom is 0.240 e. The average molecular weight is 301 g/mol. The molecule has 0 bridgehead atoms. The molecule has 2 atom stereocenters. The Hall–Kier alpha value is -1.79. The number of nitrogens with zero attached hydrogens (tertiary/aromatic N) is 4. The molecule has 6 heteroatoms. The van der Waals surface area contributed by atoms with E-state index in [0.29, 0.717) is 11.9 Å². The summed E-state index contributed by atoms with van der Waals surface area (Å²) in [5.41, 5.74) is 4.06. The van der Waals surface area contributed by atoms with E-state index in [-0.39, 0.29) is 6.17 Å². The lowest BCUT2D eigenvalue weighted by molar-refractivity contribution is 0.0196. The minimum atomic E-state index is 0.146. The molecule has 0 aromatic carbocycles. The van der Waals surface area contributed by atoms with Gasteiger partial charge in [-0.15, -0.1) is 0 Å². The summed E-state index contributed by atoms with van der Waals surface area (Å²) in [6, 6.07) is 0. The highest BCUT2D eigenvalue weighted by atomic mass is 16.5. The van der Waals surface area contributed by atoms with Crippen molar-refractivity contribution in [1.82, 2.24) is 10.3 Å². The number of ether oxygens (including phenoxy) is 1. The molecule has 1 aliphatic carbocycles. The Morgan fingerprint density at radius 2 is 2.23 bits per heavy atom. The third-order valence-electron chi connectivity index (χ3n) is 3.94. The van der Waals surface area contributed by atoms with Gasteiger partial charge >= 0.3 is 0 Å². The van der Waals surface area contributed by atoms with Crippen LogP contribution in [0.2, 0.25) is 0 Å². The predicted octanol–water partition coefficient (Wildman–Crippen LogP) is 1.57. The molecule has 0 spiro atoms. The molecule has 0 amide bonds. The molecule has 0 aromatic heterocycles. The highest BCUT2D eigenvalue weighted by molar-refractivity contribution is 5.91. The second-order valence-corrected chi connectivity index (χ2v) is 5.78. The molecule has 2 heterocycles. The largest absolute Gasteiger partial charge is 0.379 e. The molecule has 0 saturated carbocycles. The number of guanidine groups is 1. The summed E-state index contributed by atoms with van der Waals surface area (Å²) >= 11 is 0. The maximum absolute atomic E-state index is 5.38. The molecule has 2 unspecified atom stereocenters.